The highest BCUT2D eigenvalue weighted by molar-refractivity contribution is 7.22. The fourth-order valence-electron chi connectivity index (χ4n) is 5.08. The summed E-state index contributed by atoms with van der Waals surface area (Å²) in [4.78, 5) is 27.6. The van der Waals surface area contributed by atoms with Crippen molar-refractivity contribution in [1.29, 1.82) is 0 Å². The van der Waals surface area contributed by atoms with Crippen molar-refractivity contribution in [1.82, 2.24) is 19.9 Å². The number of aromatic nitrogens is 3. The fraction of sp³-hybridized carbons (Fsp3) is 0.385. The number of ether oxygens (including phenoxy) is 3. The SMILES string of the molecule is COc1cnc2c(-c3nc4ccc5c(c4s3)C[C@@H](CN(C(=O)O)C3CCCOC3)O5)cc(C)cc2n1. The summed E-state index contributed by atoms with van der Waals surface area (Å²) in [6.07, 6.45) is 2.77. The summed E-state index contributed by atoms with van der Waals surface area (Å²) in [5.41, 5.74) is 5.50. The number of thiazole rings is 1. The maximum atomic E-state index is 12.0. The number of methoxy groups -OCH3 is 1. The molecule has 9 nitrogen and oxygen atoms in total. The van der Waals surface area contributed by atoms with Gasteiger partial charge in [-0.15, -0.1) is 11.3 Å². The molecule has 2 aliphatic heterocycles. The van der Waals surface area contributed by atoms with Crippen LogP contribution in [0.5, 0.6) is 11.6 Å². The zero-order chi connectivity index (χ0) is 24.8. The molecule has 4 aromatic rings. The van der Waals surface area contributed by atoms with Crippen molar-refractivity contribution in [2.75, 3.05) is 26.9 Å². The summed E-state index contributed by atoms with van der Waals surface area (Å²) in [6, 6.07) is 7.84. The van der Waals surface area contributed by atoms with Crippen LogP contribution in [0.3, 0.4) is 0 Å². The number of rotatable bonds is 5. The van der Waals surface area contributed by atoms with Crippen molar-refractivity contribution in [3.05, 3.63) is 41.6 Å². The van der Waals surface area contributed by atoms with Gasteiger partial charge in [0.25, 0.3) is 0 Å². The number of benzene rings is 2. The number of carbonyl (C=O) groups is 1. The van der Waals surface area contributed by atoms with E-state index in [9.17, 15) is 9.90 Å². The van der Waals surface area contributed by atoms with Gasteiger partial charge in [0.1, 0.15) is 16.9 Å². The number of nitrogens with zero attached hydrogens (tertiary/aromatic N) is 4. The Morgan fingerprint density at radius 3 is 2.94 bits per heavy atom. The van der Waals surface area contributed by atoms with Crippen LogP contribution in [0, 0.1) is 6.92 Å². The van der Waals surface area contributed by atoms with Crippen LogP contribution < -0.4 is 9.47 Å². The van der Waals surface area contributed by atoms with Crippen LogP contribution in [-0.4, -0.2) is 70.1 Å². The molecule has 6 rings (SSSR count). The van der Waals surface area contributed by atoms with Gasteiger partial charge in [-0.25, -0.2) is 19.7 Å². The van der Waals surface area contributed by atoms with Gasteiger partial charge in [0.15, 0.2) is 0 Å². The molecule has 1 fully saturated rings. The third-order valence-electron chi connectivity index (χ3n) is 6.77. The highest BCUT2D eigenvalue weighted by Crippen LogP contribution is 2.42. The van der Waals surface area contributed by atoms with E-state index in [0.717, 1.165) is 61.5 Å². The zero-order valence-electron chi connectivity index (χ0n) is 20.1. The normalized spacial score (nSPS) is 19.3. The lowest BCUT2D eigenvalue weighted by Gasteiger charge is -2.33. The predicted molar refractivity (Wildman–Crippen MR) is 136 cm³/mol. The van der Waals surface area contributed by atoms with Crippen molar-refractivity contribution < 1.29 is 24.1 Å². The molecule has 10 heteroatoms. The first kappa shape index (κ1) is 22.9. The number of carboxylic acid groups (broad SMARTS) is 1. The quantitative estimate of drug-likeness (QED) is 0.416. The summed E-state index contributed by atoms with van der Waals surface area (Å²) >= 11 is 1.60. The molecule has 1 amide bonds. The van der Waals surface area contributed by atoms with Gasteiger partial charge in [0.2, 0.25) is 5.88 Å². The second-order valence-corrected chi connectivity index (χ2v) is 10.3. The van der Waals surface area contributed by atoms with E-state index in [4.69, 9.17) is 19.2 Å². The number of aryl methyl sites for hydroxylation is 1. The molecule has 4 heterocycles. The summed E-state index contributed by atoms with van der Waals surface area (Å²) in [5, 5.41) is 10.7. The fourth-order valence-corrected chi connectivity index (χ4v) is 6.21. The van der Waals surface area contributed by atoms with E-state index in [1.807, 2.05) is 25.1 Å². The smallest absolute Gasteiger partial charge is 0.407 e. The maximum Gasteiger partial charge on any atom is 0.407 e. The van der Waals surface area contributed by atoms with Crippen molar-refractivity contribution in [2.24, 2.45) is 0 Å². The average Bonchev–Trinajstić information content (AvgIpc) is 3.50. The van der Waals surface area contributed by atoms with Crippen LogP contribution in [0.4, 0.5) is 4.79 Å². The Labute approximate surface area is 211 Å². The molecule has 2 aliphatic rings. The number of hydrogen-bond acceptors (Lipinski definition) is 8. The third-order valence-corrected chi connectivity index (χ3v) is 7.94. The van der Waals surface area contributed by atoms with E-state index in [0.29, 0.717) is 32.1 Å². The van der Waals surface area contributed by atoms with Gasteiger partial charge < -0.3 is 19.3 Å². The lowest BCUT2D eigenvalue weighted by atomic mass is 10.1. The minimum atomic E-state index is -0.931. The van der Waals surface area contributed by atoms with Gasteiger partial charge in [-0.3, -0.25) is 4.90 Å². The first-order valence-corrected chi connectivity index (χ1v) is 12.8. The zero-order valence-corrected chi connectivity index (χ0v) is 20.9. The summed E-state index contributed by atoms with van der Waals surface area (Å²) in [5.74, 6) is 1.27. The van der Waals surface area contributed by atoms with Gasteiger partial charge in [0.05, 0.1) is 53.8 Å². The summed E-state index contributed by atoms with van der Waals surface area (Å²) in [6.45, 7) is 3.47. The van der Waals surface area contributed by atoms with Crippen molar-refractivity contribution >= 4 is 38.7 Å². The lowest BCUT2D eigenvalue weighted by molar-refractivity contribution is 0.0104. The van der Waals surface area contributed by atoms with Crippen LogP contribution in [0.1, 0.15) is 24.0 Å². The lowest BCUT2D eigenvalue weighted by Crippen LogP contribution is -2.48. The minimum absolute atomic E-state index is 0.132. The largest absolute Gasteiger partial charge is 0.488 e. The van der Waals surface area contributed by atoms with Gasteiger partial charge in [-0.2, -0.15) is 0 Å². The Hall–Kier alpha value is -3.50. The van der Waals surface area contributed by atoms with E-state index < -0.39 is 6.09 Å². The Balaban J connectivity index is 1.32. The molecule has 0 aliphatic carbocycles. The highest BCUT2D eigenvalue weighted by atomic mass is 32.1. The molecule has 186 valence electrons. The van der Waals surface area contributed by atoms with E-state index >= 15 is 0 Å². The molecule has 0 radical (unpaired) electrons. The molecular weight excluding hydrogens is 480 g/mol. The van der Waals surface area contributed by atoms with Crippen LogP contribution in [0.15, 0.2) is 30.5 Å². The number of amides is 1. The Bertz CT molecular complexity index is 1470. The second-order valence-electron chi connectivity index (χ2n) is 9.25. The van der Waals surface area contributed by atoms with Crippen LogP contribution in [0.25, 0.3) is 31.8 Å². The minimum Gasteiger partial charge on any atom is -0.488 e. The third kappa shape index (κ3) is 4.10. The van der Waals surface area contributed by atoms with Gasteiger partial charge >= 0.3 is 6.09 Å². The van der Waals surface area contributed by atoms with Crippen molar-refractivity contribution in [2.45, 2.75) is 38.3 Å². The first-order valence-electron chi connectivity index (χ1n) is 12.0. The van der Waals surface area contributed by atoms with Crippen molar-refractivity contribution in [3.8, 4) is 22.2 Å². The molecule has 0 saturated carbocycles. The standard InChI is InChI=1S/C26H26N4O5S/c1-14-8-18(23-20(9-14)28-22(33-2)11-27-23)25-29-19-5-6-21-17(24(19)36-25)10-16(35-21)12-30(26(31)32)15-4-3-7-34-13-15/h5-6,8-9,11,15-16H,3-4,7,10,12-13H2,1-2H3,(H,31,32)/t15?,16-/m0/s1. The summed E-state index contributed by atoms with van der Waals surface area (Å²) < 4.78 is 18.0. The molecule has 0 spiro atoms. The second kappa shape index (κ2) is 9.18. The molecule has 36 heavy (non-hydrogen) atoms. The van der Waals surface area contributed by atoms with Crippen LogP contribution in [0.2, 0.25) is 0 Å². The highest BCUT2D eigenvalue weighted by Gasteiger charge is 2.33. The molecule has 2 aromatic carbocycles. The number of hydrogen-bond donors (Lipinski definition) is 1. The average molecular weight is 507 g/mol. The first-order chi connectivity index (χ1) is 17.5. The monoisotopic (exact) mass is 506 g/mol. The number of fused-ring (bicyclic) bond motifs is 4. The Morgan fingerprint density at radius 1 is 1.28 bits per heavy atom. The van der Waals surface area contributed by atoms with Gasteiger partial charge in [-0.05, 0) is 49.6 Å². The summed E-state index contributed by atoms with van der Waals surface area (Å²) in [7, 11) is 1.58. The maximum absolute atomic E-state index is 12.0. The molecule has 2 atom stereocenters. The predicted octanol–water partition coefficient (Wildman–Crippen LogP) is 4.69. The molecule has 1 saturated heterocycles. The molecule has 0 bridgehead atoms. The van der Waals surface area contributed by atoms with Crippen LogP contribution in [-0.2, 0) is 11.2 Å². The topological polar surface area (TPSA) is 107 Å². The molecule has 1 N–H and O–H groups in total. The van der Waals surface area contributed by atoms with Crippen LogP contribution >= 0.6 is 11.3 Å². The molecule has 1 unspecified atom stereocenters. The van der Waals surface area contributed by atoms with Crippen molar-refractivity contribution in [3.63, 3.8) is 0 Å². The van der Waals surface area contributed by atoms with E-state index in [-0.39, 0.29) is 12.1 Å². The van der Waals surface area contributed by atoms with Gasteiger partial charge in [-0.1, -0.05) is 0 Å². The molecule has 2 aromatic heterocycles. The Kier molecular flexibility index (Phi) is 5.85. The Morgan fingerprint density at radius 2 is 2.17 bits per heavy atom. The van der Waals surface area contributed by atoms with Gasteiger partial charge in [0, 0.05) is 24.2 Å². The van der Waals surface area contributed by atoms with E-state index in [1.54, 1.807) is 24.6 Å². The van der Waals surface area contributed by atoms with E-state index in [1.165, 1.54) is 4.90 Å². The molecular formula is C26H26N4O5S. The van der Waals surface area contributed by atoms with E-state index in [2.05, 4.69) is 16.0 Å².